The molecule has 0 saturated carbocycles. The van der Waals surface area contributed by atoms with Crippen LogP contribution >= 0.6 is 11.6 Å². The summed E-state index contributed by atoms with van der Waals surface area (Å²) >= 11 is 6.64. The van der Waals surface area contributed by atoms with E-state index in [1.54, 1.807) is 0 Å². The number of anilines is 1. The monoisotopic (exact) mass is 516 g/mol. The summed E-state index contributed by atoms with van der Waals surface area (Å²) in [4.78, 5) is 19.7. The number of hydrogen-bond donors (Lipinski definition) is 1. The van der Waals surface area contributed by atoms with Crippen molar-refractivity contribution in [3.8, 4) is 16.9 Å². The van der Waals surface area contributed by atoms with Gasteiger partial charge in [0, 0.05) is 35.6 Å². The van der Waals surface area contributed by atoms with E-state index in [-0.39, 0.29) is 11.5 Å². The van der Waals surface area contributed by atoms with Gasteiger partial charge < -0.3 is 19.5 Å². The van der Waals surface area contributed by atoms with Gasteiger partial charge in [0.25, 0.3) is 0 Å². The third-order valence-corrected chi connectivity index (χ3v) is 6.85. The number of halogens is 1. The highest BCUT2D eigenvalue weighted by molar-refractivity contribution is 6.32. The molecular weight excluding hydrogens is 476 g/mol. The Kier molecular flexibility index (Phi) is 8.31. The second kappa shape index (κ2) is 10.6. The lowest BCUT2D eigenvalue weighted by Gasteiger charge is -2.41. The SMILES string of the molecule is Cc1nc(C)c([C@H](OC(C)(C)C)C(=O)O)c(N2CCC(C)(C)CC2)c1-c1ccc(OC(C)C)c(Cl)c1. The minimum absolute atomic E-state index is 0.000803. The Hall–Kier alpha value is -2.31. The molecule has 2 aromatic rings. The average molecular weight is 517 g/mol. The normalized spacial score (nSPS) is 16.8. The van der Waals surface area contributed by atoms with Gasteiger partial charge in [-0.25, -0.2) is 4.79 Å². The quantitative estimate of drug-likeness (QED) is 0.414. The topological polar surface area (TPSA) is 71.9 Å². The van der Waals surface area contributed by atoms with Crippen LogP contribution in [0.5, 0.6) is 5.75 Å². The molecule has 0 spiro atoms. The molecular formula is C29H41ClN2O4. The van der Waals surface area contributed by atoms with Crippen LogP contribution in [0.15, 0.2) is 18.2 Å². The number of carbonyl (C=O) groups is 1. The van der Waals surface area contributed by atoms with Crippen molar-refractivity contribution >= 4 is 23.3 Å². The molecule has 1 fully saturated rings. The van der Waals surface area contributed by atoms with Crippen molar-refractivity contribution in [3.05, 3.63) is 40.2 Å². The lowest BCUT2D eigenvalue weighted by molar-refractivity contribution is -0.160. The molecule has 1 aliphatic rings. The Morgan fingerprint density at radius 2 is 1.75 bits per heavy atom. The molecule has 6 nitrogen and oxygen atoms in total. The summed E-state index contributed by atoms with van der Waals surface area (Å²) < 4.78 is 12.0. The zero-order valence-electron chi connectivity index (χ0n) is 23.2. The van der Waals surface area contributed by atoms with E-state index in [9.17, 15) is 9.90 Å². The van der Waals surface area contributed by atoms with Crippen LogP contribution in [0.3, 0.4) is 0 Å². The van der Waals surface area contributed by atoms with E-state index >= 15 is 0 Å². The number of ether oxygens (including phenoxy) is 2. The summed E-state index contributed by atoms with van der Waals surface area (Å²) in [5, 5.41) is 10.8. The molecule has 1 saturated heterocycles. The van der Waals surface area contributed by atoms with Gasteiger partial charge in [-0.1, -0.05) is 31.5 Å². The first-order chi connectivity index (χ1) is 16.6. The highest BCUT2D eigenvalue weighted by atomic mass is 35.5. The molecule has 1 aromatic heterocycles. The Balaban J connectivity index is 2.29. The third-order valence-electron chi connectivity index (χ3n) is 6.55. The minimum atomic E-state index is -1.15. The van der Waals surface area contributed by atoms with E-state index in [0.717, 1.165) is 48.4 Å². The van der Waals surface area contributed by atoms with Crippen LogP contribution in [0.1, 0.15) is 84.4 Å². The molecule has 1 N–H and O–H groups in total. The predicted octanol–water partition coefficient (Wildman–Crippen LogP) is 7.37. The number of aryl methyl sites for hydroxylation is 2. The molecule has 0 unspecified atom stereocenters. The van der Waals surface area contributed by atoms with Gasteiger partial charge in [-0.05, 0) is 84.4 Å². The van der Waals surface area contributed by atoms with Crippen LogP contribution in [-0.4, -0.2) is 40.9 Å². The van der Waals surface area contributed by atoms with E-state index in [2.05, 4.69) is 18.7 Å². The number of benzene rings is 1. The molecule has 36 heavy (non-hydrogen) atoms. The van der Waals surface area contributed by atoms with Crippen molar-refractivity contribution in [2.24, 2.45) is 5.41 Å². The first-order valence-electron chi connectivity index (χ1n) is 12.7. The molecule has 198 valence electrons. The van der Waals surface area contributed by atoms with Crippen molar-refractivity contribution in [2.45, 2.75) is 93.0 Å². The summed E-state index contributed by atoms with van der Waals surface area (Å²) in [5.74, 6) is -0.406. The smallest absolute Gasteiger partial charge is 0.337 e. The number of aromatic nitrogens is 1. The predicted molar refractivity (Wildman–Crippen MR) is 146 cm³/mol. The first-order valence-corrected chi connectivity index (χ1v) is 13.1. The van der Waals surface area contributed by atoms with Crippen LogP contribution in [0.2, 0.25) is 5.02 Å². The molecule has 0 amide bonds. The van der Waals surface area contributed by atoms with E-state index in [1.165, 1.54) is 0 Å². The summed E-state index contributed by atoms with van der Waals surface area (Å²) in [6.07, 6.45) is 0.861. The standard InChI is InChI=1S/C29H41ClN2O4/c1-17(2)35-22-11-10-20(16-21(22)30)23-18(3)31-19(4)24(26(27(33)34)36-28(5,6)7)25(23)32-14-12-29(8,9)13-15-32/h10-11,16-17,26H,12-15H2,1-9H3,(H,33,34)/t26-/m0/s1. The van der Waals surface area contributed by atoms with Crippen molar-refractivity contribution in [2.75, 3.05) is 18.0 Å². The molecule has 0 aliphatic carbocycles. The molecule has 3 rings (SSSR count). The van der Waals surface area contributed by atoms with Gasteiger partial charge in [-0.3, -0.25) is 4.98 Å². The Bertz CT molecular complexity index is 1110. The molecule has 1 aromatic carbocycles. The van der Waals surface area contributed by atoms with Gasteiger partial charge in [-0.2, -0.15) is 0 Å². The number of rotatable bonds is 7. The summed E-state index contributed by atoms with van der Waals surface area (Å²) in [6, 6.07) is 5.74. The fourth-order valence-corrected chi connectivity index (χ4v) is 4.99. The summed E-state index contributed by atoms with van der Waals surface area (Å²) in [5.41, 5.74) is 4.32. The molecule has 1 aliphatic heterocycles. The molecule has 0 radical (unpaired) electrons. The van der Waals surface area contributed by atoms with Crippen LogP contribution < -0.4 is 9.64 Å². The number of piperidine rings is 1. The van der Waals surface area contributed by atoms with Gasteiger partial charge in [0.05, 0.1) is 22.4 Å². The zero-order chi connectivity index (χ0) is 27.0. The van der Waals surface area contributed by atoms with E-state index in [4.69, 9.17) is 26.1 Å². The second-order valence-electron chi connectivity index (χ2n) is 11.8. The second-order valence-corrected chi connectivity index (χ2v) is 12.2. The Morgan fingerprint density at radius 3 is 2.25 bits per heavy atom. The van der Waals surface area contributed by atoms with E-state index in [1.807, 2.05) is 66.7 Å². The maximum atomic E-state index is 12.6. The van der Waals surface area contributed by atoms with Crippen LogP contribution in [0.4, 0.5) is 5.69 Å². The zero-order valence-corrected chi connectivity index (χ0v) is 23.9. The van der Waals surface area contributed by atoms with Crippen molar-refractivity contribution in [1.82, 2.24) is 4.98 Å². The Morgan fingerprint density at radius 1 is 1.14 bits per heavy atom. The molecule has 7 heteroatoms. The van der Waals surface area contributed by atoms with Gasteiger partial charge in [0.2, 0.25) is 0 Å². The molecule has 1 atom stereocenters. The first kappa shape index (κ1) is 28.3. The fraction of sp³-hybridized carbons (Fsp3) is 0.586. The van der Waals surface area contributed by atoms with Crippen LogP contribution in [0, 0.1) is 19.3 Å². The number of carboxylic acids is 1. The van der Waals surface area contributed by atoms with Crippen LogP contribution in [0.25, 0.3) is 11.1 Å². The van der Waals surface area contributed by atoms with Crippen LogP contribution in [-0.2, 0) is 9.53 Å². The fourth-order valence-electron chi connectivity index (χ4n) is 4.76. The molecule has 2 heterocycles. The lowest BCUT2D eigenvalue weighted by atomic mass is 9.82. The number of carboxylic acid groups (broad SMARTS) is 1. The van der Waals surface area contributed by atoms with Crippen molar-refractivity contribution < 1.29 is 19.4 Å². The maximum absolute atomic E-state index is 12.6. The number of pyridine rings is 1. The highest BCUT2D eigenvalue weighted by Gasteiger charge is 2.36. The number of aliphatic carboxylic acids is 1. The largest absolute Gasteiger partial charge is 0.489 e. The average Bonchev–Trinajstić information content (AvgIpc) is 2.72. The van der Waals surface area contributed by atoms with Crippen molar-refractivity contribution in [3.63, 3.8) is 0 Å². The highest BCUT2D eigenvalue weighted by Crippen LogP contribution is 2.45. The Labute approximate surface area is 221 Å². The van der Waals surface area contributed by atoms with Gasteiger partial charge in [0.1, 0.15) is 5.75 Å². The van der Waals surface area contributed by atoms with Gasteiger partial charge in [0.15, 0.2) is 6.10 Å². The minimum Gasteiger partial charge on any atom is -0.489 e. The summed E-state index contributed by atoms with van der Waals surface area (Å²) in [6.45, 7) is 19.6. The summed E-state index contributed by atoms with van der Waals surface area (Å²) in [7, 11) is 0. The van der Waals surface area contributed by atoms with Crippen molar-refractivity contribution in [1.29, 1.82) is 0 Å². The third kappa shape index (κ3) is 6.51. The molecule has 0 bridgehead atoms. The number of hydrogen-bond acceptors (Lipinski definition) is 5. The lowest BCUT2D eigenvalue weighted by Crippen LogP contribution is -2.39. The van der Waals surface area contributed by atoms with E-state index < -0.39 is 17.7 Å². The maximum Gasteiger partial charge on any atom is 0.337 e. The number of nitrogens with zero attached hydrogens (tertiary/aromatic N) is 2. The van der Waals surface area contributed by atoms with E-state index in [0.29, 0.717) is 22.0 Å². The van der Waals surface area contributed by atoms with Gasteiger partial charge >= 0.3 is 5.97 Å². The van der Waals surface area contributed by atoms with Gasteiger partial charge in [-0.15, -0.1) is 0 Å².